The molecule has 0 bridgehead atoms. The van der Waals surface area contributed by atoms with Crippen LogP contribution in [0.5, 0.6) is 0 Å². The molecule has 4 rings (SSSR count). The van der Waals surface area contributed by atoms with Crippen molar-refractivity contribution in [1.82, 2.24) is 14.5 Å². The van der Waals surface area contributed by atoms with Crippen LogP contribution in [0.25, 0.3) is 10.2 Å². The fourth-order valence-corrected chi connectivity index (χ4v) is 6.41. The van der Waals surface area contributed by atoms with Crippen LogP contribution in [0.1, 0.15) is 48.7 Å². The minimum absolute atomic E-state index is 0.00553. The van der Waals surface area contributed by atoms with Gasteiger partial charge in [0.05, 0.1) is 29.8 Å². The average Bonchev–Trinajstić information content (AvgIpc) is 3.45. The number of carbonyl (C=O) groups excluding carboxylic acids is 1. The lowest BCUT2D eigenvalue weighted by molar-refractivity contribution is -0.128. The molecule has 3 heterocycles. The number of thiophene rings is 1. The average molecular weight is 486 g/mol. The molecule has 0 aliphatic carbocycles. The number of nitrogens with zero attached hydrogens (tertiary/aromatic N) is 3. The van der Waals surface area contributed by atoms with Crippen LogP contribution in [-0.4, -0.2) is 45.9 Å². The Labute approximate surface area is 203 Å². The number of benzene rings is 1. The molecule has 3 aromatic rings. The van der Waals surface area contributed by atoms with Crippen LogP contribution < -0.4 is 5.56 Å². The molecule has 176 valence electrons. The van der Waals surface area contributed by atoms with E-state index < -0.39 is 0 Å². The number of ether oxygens (including phenoxy) is 1. The zero-order chi connectivity index (χ0) is 23.5. The first-order chi connectivity index (χ1) is 15.9. The quantitative estimate of drug-likeness (QED) is 0.338. The van der Waals surface area contributed by atoms with E-state index in [9.17, 15) is 9.59 Å². The van der Waals surface area contributed by atoms with Crippen molar-refractivity contribution < 1.29 is 9.53 Å². The Morgan fingerprint density at radius 2 is 2.12 bits per heavy atom. The largest absolute Gasteiger partial charge is 0.376 e. The van der Waals surface area contributed by atoms with Gasteiger partial charge < -0.3 is 9.64 Å². The molecule has 1 aliphatic heterocycles. The molecule has 0 saturated carbocycles. The second-order valence-electron chi connectivity index (χ2n) is 8.50. The van der Waals surface area contributed by atoms with Gasteiger partial charge in [-0.05, 0) is 44.2 Å². The van der Waals surface area contributed by atoms with Gasteiger partial charge in [0.15, 0.2) is 5.16 Å². The van der Waals surface area contributed by atoms with Crippen molar-refractivity contribution in [2.75, 3.05) is 19.4 Å². The first-order valence-electron chi connectivity index (χ1n) is 11.5. The summed E-state index contributed by atoms with van der Waals surface area (Å²) in [5, 5.41) is 1.32. The SMILES string of the molecule is CCc1c(C)sc2nc(SCC(=O)N(C)[C@@H](C)c3ccccc3)n(C[C@H]3CCCO3)c(=O)c12. The standard InChI is InChI=1S/C25H31N3O3S2/c1-5-20-17(3)33-23-22(20)24(30)28(14-19-12-9-13-31-19)25(26-23)32-15-21(29)27(4)16(2)18-10-7-6-8-11-18/h6-8,10-11,16,19H,5,9,12-15H2,1-4H3/t16-,19+/m0/s1. The zero-order valence-electron chi connectivity index (χ0n) is 19.7. The van der Waals surface area contributed by atoms with Crippen molar-refractivity contribution in [3.8, 4) is 0 Å². The summed E-state index contributed by atoms with van der Waals surface area (Å²) < 4.78 is 7.55. The number of hydrogen-bond donors (Lipinski definition) is 0. The Kier molecular flexibility index (Phi) is 7.56. The number of amides is 1. The van der Waals surface area contributed by atoms with Gasteiger partial charge in [-0.15, -0.1) is 11.3 Å². The van der Waals surface area contributed by atoms with Crippen LogP contribution in [0.3, 0.4) is 0 Å². The summed E-state index contributed by atoms with van der Waals surface area (Å²) in [5.41, 5.74) is 2.16. The highest BCUT2D eigenvalue weighted by atomic mass is 32.2. The van der Waals surface area contributed by atoms with Gasteiger partial charge in [0.1, 0.15) is 4.83 Å². The van der Waals surface area contributed by atoms with Gasteiger partial charge in [-0.2, -0.15) is 0 Å². The minimum Gasteiger partial charge on any atom is -0.376 e. The highest BCUT2D eigenvalue weighted by Crippen LogP contribution is 2.30. The van der Waals surface area contributed by atoms with Crippen LogP contribution >= 0.6 is 23.1 Å². The lowest BCUT2D eigenvalue weighted by Crippen LogP contribution is -2.32. The van der Waals surface area contributed by atoms with Gasteiger partial charge in [-0.3, -0.25) is 14.2 Å². The maximum absolute atomic E-state index is 13.6. The van der Waals surface area contributed by atoms with Crippen LogP contribution in [0.4, 0.5) is 0 Å². The van der Waals surface area contributed by atoms with E-state index in [2.05, 4.69) is 6.92 Å². The van der Waals surface area contributed by atoms with Crippen molar-refractivity contribution in [2.24, 2.45) is 0 Å². The smallest absolute Gasteiger partial charge is 0.263 e. The molecule has 1 amide bonds. The number of thioether (sulfide) groups is 1. The predicted molar refractivity (Wildman–Crippen MR) is 135 cm³/mol. The van der Waals surface area contributed by atoms with Crippen molar-refractivity contribution in [1.29, 1.82) is 0 Å². The number of aryl methyl sites for hydroxylation is 2. The van der Waals surface area contributed by atoms with Crippen LogP contribution in [0.2, 0.25) is 0 Å². The number of rotatable bonds is 8. The Bertz CT molecular complexity index is 1180. The molecule has 0 spiro atoms. The lowest BCUT2D eigenvalue weighted by Gasteiger charge is -2.25. The van der Waals surface area contributed by atoms with Gasteiger partial charge in [0.25, 0.3) is 5.56 Å². The number of carbonyl (C=O) groups is 1. The first kappa shape index (κ1) is 24.0. The van der Waals surface area contributed by atoms with E-state index in [0.29, 0.717) is 11.7 Å². The molecule has 33 heavy (non-hydrogen) atoms. The van der Waals surface area contributed by atoms with E-state index >= 15 is 0 Å². The fourth-order valence-electron chi connectivity index (χ4n) is 4.32. The minimum atomic E-state index is -0.0316. The Morgan fingerprint density at radius 3 is 2.79 bits per heavy atom. The highest BCUT2D eigenvalue weighted by molar-refractivity contribution is 7.99. The molecule has 1 fully saturated rings. The molecule has 2 atom stereocenters. The van der Waals surface area contributed by atoms with E-state index in [1.165, 1.54) is 11.8 Å². The second-order valence-corrected chi connectivity index (χ2v) is 10.6. The number of hydrogen-bond acceptors (Lipinski definition) is 6. The van der Waals surface area contributed by atoms with E-state index in [1.807, 2.05) is 51.2 Å². The summed E-state index contributed by atoms with van der Waals surface area (Å²) in [7, 11) is 1.83. The number of fused-ring (bicyclic) bond motifs is 1. The van der Waals surface area contributed by atoms with Crippen LogP contribution in [0.15, 0.2) is 40.3 Å². The van der Waals surface area contributed by atoms with E-state index in [4.69, 9.17) is 9.72 Å². The molecule has 8 heteroatoms. The molecule has 1 aromatic carbocycles. The molecule has 0 unspecified atom stereocenters. The summed E-state index contributed by atoms with van der Waals surface area (Å²) in [6, 6.07) is 9.96. The van der Waals surface area contributed by atoms with Crippen molar-refractivity contribution >= 4 is 39.2 Å². The maximum atomic E-state index is 13.6. The van der Waals surface area contributed by atoms with E-state index in [-0.39, 0.29) is 29.4 Å². The van der Waals surface area contributed by atoms with Crippen molar-refractivity contribution in [3.05, 3.63) is 56.7 Å². The maximum Gasteiger partial charge on any atom is 0.263 e. The van der Waals surface area contributed by atoms with Gasteiger partial charge >= 0.3 is 0 Å². The monoisotopic (exact) mass is 485 g/mol. The highest BCUT2D eigenvalue weighted by Gasteiger charge is 2.24. The molecule has 1 saturated heterocycles. The molecule has 0 radical (unpaired) electrons. The van der Waals surface area contributed by atoms with Crippen LogP contribution in [0, 0.1) is 6.92 Å². The summed E-state index contributed by atoms with van der Waals surface area (Å²) >= 11 is 2.90. The molecular weight excluding hydrogens is 454 g/mol. The topological polar surface area (TPSA) is 64.4 Å². The Morgan fingerprint density at radius 1 is 1.36 bits per heavy atom. The molecule has 2 aromatic heterocycles. The van der Waals surface area contributed by atoms with Gasteiger partial charge in [-0.1, -0.05) is 49.0 Å². The van der Waals surface area contributed by atoms with Crippen molar-refractivity contribution in [2.45, 2.75) is 63.9 Å². The predicted octanol–water partition coefficient (Wildman–Crippen LogP) is 4.82. The third kappa shape index (κ3) is 5.03. The van der Waals surface area contributed by atoms with Gasteiger partial charge in [-0.25, -0.2) is 4.98 Å². The first-order valence-corrected chi connectivity index (χ1v) is 13.3. The summed E-state index contributed by atoms with van der Waals surface area (Å²) in [4.78, 5) is 35.1. The van der Waals surface area contributed by atoms with Crippen molar-refractivity contribution in [3.63, 3.8) is 0 Å². The van der Waals surface area contributed by atoms with Crippen LogP contribution in [-0.2, 0) is 22.5 Å². The van der Waals surface area contributed by atoms with E-state index in [0.717, 1.165) is 52.1 Å². The third-order valence-electron chi connectivity index (χ3n) is 6.42. The normalized spacial score (nSPS) is 16.9. The summed E-state index contributed by atoms with van der Waals surface area (Å²) in [6.07, 6.45) is 2.77. The number of aromatic nitrogens is 2. The molecular formula is C25H31N3O3S2. The fraction of sp³-hybridized carbons (Fsp3) is 0.480. The molecule has 6 nitrogen and oxygen atoms in total. The Hall–Kier alpha value is -2.16. The zero-order valence-corrected chi connectivity index (χ0v) is 21.3. The van der Waals surface area contributed by atoms with Gasteiger partial charge in [0, 0.05) is 18.5 Å². The van der Waals surface area contributed by atoms with E-state index in [1.54, 1.807) is 20.8 Å². The molecule has 1 aliphatic rings. The molecule has 0 N–H and O–H groups in total. The summed E-state index contributed by atoms with van der Waals surface area (Å²) in [5.74, 6) is 0.230. The summed E-state index contributed by atoms with van der Waals surface area (Å²) in [6.45, 7) is 7.35. The lowest BCUT2D eigenvalue weighted by atomic mass is 10.1. The third-order valence-corrected chi connectivity index (χ3v) is 8.42. The second kappa shape index (κ2) is 10.4. The Balaban J connectivity index is 1.60. The van der Waals surface area contributed by atoms with Gasteiger partial charge in [0.2, 0.25) is 5.91 Å².